The fourth-order valence-electron chi connectivity index (χ4n) is 2.30. The first kappa shape index (κ1) is 18.6. The van der Waals surface area contributed by atoms with Gasteiger partial charge in [0.2, 0.25) is 5.91 Å². The van der Waals surface area contributed by atoms with Crippen LogP contribution in [0.4, 0.5) is 4.79 Å². The molecule has 24 heavy (non-hydrogen) atoms. The molecule has 1 heterocycles. The van der Waals surface area contributed by atoms with Gasteiger partial charge in [0.1, 0.15) is 0 Å². The summed E-state index contributed by atoms with van der Waals surface area (Å²) in [5, 5.41) is 8.35. The third kappa shape index (κ3) is 5.12. The van der Waals surface area contributed by atoms with E-state index in [-0.39, 0.29) is 18.4 Å². The Kier molecular flexibility index (Phi) is 6.48. The molecular weight excluding hydrogens is 369 g/mol. The van der Waals surface area contributed by atoms with Gasteiger partial charge in [-0.15, -0.1) is 11.3 Å². The predicted octanol–water partition coefficient (Wildman–Crippen LogP) is 4.03. The van der Waals surface area contributed by atoms with Crippen LogP contribution in [0.2, 0.25) is 10.0 Å². The number of thiophene rings is 1. The molecule has 0 bridgehead atoms. The maximum absolute atomic E-state index is 12.3. The molecule has 0 radical (unpaired) electrons. The zero-order valence-corrected chi connectivity index (χ0v) is 15.2. The van der Waals surface area contributed by atoms with Crippen molar-refractivity contribution < 1.29 is 9.59 Å². The average Bonchev–Trinajstić information content (AvgIpc) is 2.99. The molecule has 2 rings (SSSR count). The van der Waals surface area contributed by atoms with Crippen molar-refractivity contribution >= 4 is 46.5 Å². The normalized spacial score (nSPS) is 13.1. The molecule has 0 aliphatic rings. The Bertz CT molecular complexity index is 722. The van der Waals surface area contributed by atoms with Gasteiger partial charge in [-0.2, -0.15) is 0 Å². The highest BCUT2D eigenvalue weighted by molar-refractivity contribution is 7.10. The van der Waals surface area contributed by atoms with Gasteiger partial charge >= 0.3 is 6.03 Å². The standard InChI is InChI=1S/C16H17Cl2N3O2S/c1-9(11-5-4-10(17)7-12(11)18)20-15(22)8-13(21-16(19)23)14-3-2-6-24-14/h2-7,9,13H,8H2,1H3,(H,20,22)(H3,19,21,23)/t9-,13+/m0/s1. The number of rotatable bonds is 6. The van der Waals surface area contributed by atoms with Crippen LogP contribution >= 0.6 is 34.5 Å². The van der Waals surface area contributed by atoms with Crippen LogP contribution in [-0.4, -0.2) is 11.9 Å². The molecule has 1 aromatic heterocycles. The van der Waals surface area contributed by atoms with Gasteiger partial charge in [-0.3, -0.25) is 4.79 Å². The number of benzene rings is 1. The first-order valence-corrected chi connectivity index (χ1v) is 8.84. The summed E-state index contributed by atoms with van der Waals surface area (Å²) < 4.78 is 0. The molecule has 0 saturated heterocycles. The van der Waals surface area contributed by atoms with E-state index in [0.29, 0.717) is 10.0 Å². The smallest absolute Gasteiger partial charge is 0.312 e. The summed E-state index contributed by atoms with van der Waals surface area (Å²) in [5.74, 6) is -0.222. The first-order chi connectivity index (χ1) is 11.4. The summed E-state index contributed by atoms with van der Waals surface area (Å²) in [6.45, 7) is 1.83. The van der Waals surface area contributed by atoms with Gasteiger partial charge in [-0.05, 0) is 36.1 Å². The molecule has 1 aromatic carbocycles. The minimum absolute atomic E-state index is 0.0823. The minimum Gasteiger partial charge on any atom is -0.352 e. The van der Waals surface area contributed by atoms with E-state index in [9.17, 15) is 9.59 Å². The second kappa shape index (κ2) is 8.37. The number of hydrogen-bond donors (Lipinski definition) is 3. The van der Waals surface area contributed by atoms with Gasteiger partial charge in [0.15, 0.2) is 0 Å². The van der Waals surface area contributed by atoms with E-state index in [1.165, 1.54) is 11.3 Å². The lowest BCUT2D eigenvalue weighted by Crippen LogP contribution is -2.36. The average molecular weight is 386 g/mol. The minimum atomic E-state index is -0.671. The molecule has 0 saturated carbocycles. The molecular formula is C16H17Cl2N3O2S. The Balaban J connectivity index is 2.03. The lowest BCUT2D eigenvalue weighted by Gasteiger charge is -2.19. The zero-order valence-electron chi connectivity index (χ0n) is 12.9. The zero-order chi connectivity index (χ0) is 17.7. The Morgan fingerprint density at radius 2 is 2.00 bits per heavy atom. The predicted molar refractivity (Wildman–Crippen MR) is 97.4 cm³/mol. The molecule has 0 aliphatic heterocycles. The van der Waals surface area contributed by atoms with Gasteiger partial charge in [0.25, 0.3) is 0 Å². The molecule has 0 fully saturated rings. The van der Waals surface area contributed by atoms with Gasteiger partial charge in [0.05, 0.1) is 18.5 Å². The quantitative estimate of drug-likeness (QED) is 0.700. The summed E-state index contributed by atoms with van der Waals surface area (Å²) >= 11 is 13.5. The van der Waals surface area contributed by atoms with Crippen molar-refractivity contribution in [1.82, 2.24) is 10.6 Å². The van der Waals surface area contributed by atoms with Gasteiger partial charge in [0, 0.05) is 14.9 Å². The summed E-state index contributed by atoms with van der Waals surface area (Å²) in [4.78, 5) is 24.3. The highest BCUT2D eigenvalue weighted by Gasteiger charge is 2.20. The molecule has 0 unspecified atom stereocenters. The molecule has 8 heteroatoms. The molecule has 2 aromatic rings. The number of hydrogen-bond acceptors (Lipinski definition) is 3. The van der Waals surface area contributed by atoms with Crippen molar-refractivity contribution in [3.05, 3.63) is 56.2 Å². The number of halogens is 2. The Morgan fingerprint density at radius 1 is 1.25 bits per heavy atom. The van der Waals surface area contributed by atoms with Gasteiger partial charge in [-0.1, -0.05) is 35.3 Å². The van der Waals surface area contributed by atoms with Gasteiger partial charge < -0.3 is 16.4 Å². The number of nitrogens with two attached hydrogens (primary N) is 1. The number of nitrogens with one attached hydrogen (secondary N) is 2. The lowest BCUT2D eigenvalue weighted by atomic mass is 10.1. The van der Waals surface area contributed by atoms with Crippen LogP contribution in [-0.2, 0) is 4.79 Å². The summed E-state index contributed by atoms with van der Waals surface area (Å²) in [6.07, 6.45) is 0.0823. The summed E-state index contributed by atoms with van der Waals surface area (Å²) in [7, 11) is 0. The van der Waals surface area contributed by atoms with E-state index >= 15 is 0 Å². The fourth-order valence-corrected chi connectivity index (χ4v) is 3.65. The van der Waals surface area contributed by atoms with Gasteiger partial charge in [-0.25, -0.2) is 4.79 Å². The number of primary amides is 1. The van der Waals surface area contributed by atoms with Crippen LogP contribution in [0.5, 0.6) is 0 Å². The maximum Gasteiger partial charge on any atom is 0.312 e. The van der Waals surface area contributed by atoms with Crippen LogP contribution in [0.25, 0.3) is 0 Å². The molecule has 3 amide bonds. The summed E-state index contributed by atoms with van der Waals surface area (Å²) in [6, 6.07) is 7.39. The van der Waals surface area contributed by atoms with Crippen molar-refractivity contribution in [1.29, 1.82) is 0 Å². The van der Waals surface area contributed by atoms with Crippen molar-refractivity contribution in [3.8, 4) is 0 Å². The van der Waals surface area contributed by atoms with E-state index in [0.717, 1.165) is 10.4 Å². The topological polar surface area (TPSA) is 84.2 Å². The Morgan fingerprint density at radius 3 is 2.58 bits per heavy atom. The Hall–Kier alpha value is -1.76. The molecule has 4 N–H and O–H groups in total. The third-order valence-electron chi connectivity index (χ3n) is 3.40. The molecule has 5 nitrogen and oxygen atoms in total. The largest absolute Gasteiger partial charge is 0.352 e. The maximum atomic E-state index is 12.3. The number of carbonyl (C=O) groups excluding carboxylic acids is 2. The van der Waals surface area contributed by atoms with Crippen molar-refractivity contribution in [3.63, 3.8) is 0 Å². The monoisotopic (exact) mass is 385 g/mol. The number of carbonyl (C=O) groups is 2. The highest BCUT2D eigenvalue weighted by Crippen LogP contribution is 2.27. The Labute approximate surface area is 154 Å². The van der Waals surface area contributed by atoms with Crippen LogP contribution in [0.15, 0.2) is 35.7 Å². The highest BCUT2D eigenvalue weighted by atomic mass is 35.5. The van der Waals surface area contributed by atoms with Crippen LogP contribution in [0.1, 0.15) is 35.9 Å². The number of amides is 3. The van der Waals surface area contributed by atoms with Crippen molar-refractivity contribution in [2.75, 3.05) is 0 Å². The van der Waals surface area contributed by atoms with E-state index in [1.54, 1.807) is 18.2 Å². The third-order valence-corrected chi connectivity index (χ3v) is 4.95. The fraction of sp³-hybridized carbons (Fsp3) is 0.250. The molecule has 2 atom stereocenters. The van der Waals surface area contributed by atoms with Crippen LogP contribution in [0, 0.1) is 0 Å². The number of urea groups is 1. The van der Waals surface area contributed by atoms with Crippen LogP contribution in [0.3, 0.4) is 0 Å². The SMILES string of the molecule is C[C@H](NC(=O)C[C@@H](NC(N)=O)c1cccs1)c1ccc(Cl)cc1Cl. The van der Waals surface area contributed by atoms with Crippen molar-refractivity contribution in [2.24, 2.45) is 5.73 Å². The second-order valence-electron chi connectivity index (χ2n) is 5.24. The lowest BCUT2D eigenvalue weighted by molar-refractivity contribution is -0.122. The van der Waals surface area contributed by atoms with E-state index in [2.05, 4.69) is 10.6 Å². The molecule has 0 aliphatic carbocycles. The van der Waals surface area contributed by atoms with E-state index < -0.39 is 12.1 Å². The molecule has 128 valence electrons. The second-order valence-corrected chi connectivity index (χ2v) is 7.06. The first-order valence-electron chi connectivity index (χ1n) is 7.20. The molecule has 0 spiro atoms. The summed E-state index contributed by atoms with van der Waals surface area (Å²) in [5.41, 5.74) is 5.96. The van der Waals surface area contributed by atoms with Crippen LogP contribution < -0.4 is 16.4 Å². The van der Waals surface area contributed by atoms with E-state index in [1.807, 2.05) is 24.4 Å². The van der Waals surface area contributed by atoms with Crippen molar-refractivity contribution in [2.45, 2.75) is 25.4 Å². The van der Waals surface area contributed by atoms with E-state index in [4.69, 9.17) is 28.9 Å².